The summed E-state index contributed by atoms with van der Waals surface area (Å²) in [7, 11) is 1.59. The van der Waals surface area contributed by atoms with Gasteiger partial charge in [0.15, 0.2) is 12.4 Å². The predicted molar refractivity (Wildman–Crippen MR) is 105 cm³/mol. The van der Waals surface area contributed by atoms with Crippen LogP contribution >= 0.6 is 0 Å². The van der Waals surface area contributed by atoms with Crippen molar-refractivity contribution >= 4 is 33.5 Å². The average molecular weight is 397 g/mol. The van der Waals surface area contributed by atoms with E-state index in [0.29, 0.717) is 17.0 Å². The van der Waals surface area contributed by atoms with Crippen molar-refractivity contribution in [2.75, 3.05) is 12.4 Å². The Morgan fingerprint density at radius 3 is 2.54 bits per heavy atom. The van der Waals surface area contributed by atoms with Gasteiger partial charge in [-0.15, -0.1) is 0 Å². The molecule has 1 N–H and O–H groups in total. The van der Waals surface area contributed by atoms with Crippen molar-refractivity contribution < 1.29 is 30.9 Å². The maximum atomic E-state index is 12.5. The summed E-state index contributed by atoms with van der Waals surface area (Å²) in [6.45, 7) is 2.33. The summed E-state index contributed by atoms with van der Waals surface area (Å²) in [5, 5.41) is 4.92. The van der Waals surface area contributed by atoms with Crippen LogP contribution in [0.1, 0.15) is 12.5 Å². The van der Waals surface area contributed by atoms with Crippen LogP contribution in [0, 0.1) is 0 Å². The number of hydrogen-bond acceptors (Lipinski definition) is 3. The van der Waals surface area contributed by atoms with Gasteiger partial charge in [0.2, 0.25) is 6.54 Å². The minimum Gasteiger partial charge on any atom is -1.00 e. The van der Waals surface area contributed by atoms with Gasteiger partial charge in [0, 0.05) is 29.0 Å². The third-order valence-electron chi connectivity index (χ3n) is 4.67. The molecule has 0 radical (unpaired) electrons. The number of hydrogen-bond donors (Lipinski definition) is 1. The van der Waals surface area contributed by atoms with Crippen LogP contribution in [0.25, 0.3) is 21.9 Å². The first-order chi connectivity index (χ1) is 13.2. The highest BCUT2D eigenvalue weighted by Gasteiger charge is 2.16. The zero-order valence-electron chi connectivity index (χ0n) is 15.7. The van der Waals surface area contributed by atoms with E-state index in [1.165, 1.54) is 5.56 Å². The monoisotopic (exact) mass is 396 g/mol. The van der Waals surface area contributed by atoms with Crippen LogP contribution in [-0.2, 0) is 17.8 Å². The van der Waals surface area contributed by atoms with E-state index in [-0.39, 0.29) is 24.9 Å². The average Bonchev–Trinajstić information content (AvgIpc) is 3.05. The zero-order valence-corrected chi connectivity index (χ0v) is 16.5. The van der Waals surface area contributed by atoms with E-state index < -0.39 is 0 Å². The molecule has 0 saturated heterocycles. The summed E-state index contributed by atoms with van der Waals surface area (Å²) in [5.41, 5.74) is 3.36. The van der Waals surface area contributed by atoms with Crippen molar-refractivity contribution in [1.82, 2.24) is 0 Å². The minimum atomic E-state index is -0.127. The Balaban J connectivity index is 0.00000225. The van der Waals surface area contributed by atoms with Crippen molar-refractivity contribution in [2.24, 2.45) is 0 Å². The van der Waals surface area contributed by atoms with Gasteiger partial charge in [0.05, 0.1) is 12.8 Å². The molecule has 0 bridgehead atoms. The minimum absolute atomic E-state index is 0. The van der Waals surface area contributed by atoms with E-state index >= 15 is 0 Å². The number of furan rings is 1. The fraction of sp³-hybridized carbons (Fsp3) is 0.182. The van der Waals surface area contributed by atoms with Crippen LogP contribution in [0.4, 0.5) is 5.69 Å². The number of halogens is 1. The lowest BCUT2D eigenvalue weighted by atomic mass is 10.1. The first kappa shape index (κ1) is 19.7. The van der Waals surface area contributed by atoms with Crippen LogP contribution in [-0.4, -0.2) is 13.0 Å². The molecule has 0 aliphatic carbocycles. The molecule has 2 aromatic carbocycles. The van der Waals surface area contributed by atoms with Crippen molar-refractivity contribution in [1.29, 1.82) is 0 Å². The summed E-state index contributed by atoms with van der Waals surface area (Å²) in [6, 6.07) is 15.6. The Kier molecular flexibility index (Phi) is 5.85. The van der Waals surface area contributed by atoms with Crippen molar-refractivity contribution in [2.45, 2.75) is 19.9 Å². The van der Waals surface area contributed by atoms with Crippen LogP contribution in [0.5, 0.6) is 5.75 Å². The van der Waals surface area contributed by atoms with Crippen LogP contribution in [0.2, 0.25) is 0 Å². The summed E-state index contributed by atoms with van der Waals surface area (Å²) in [5.74, 6) is 0.478. The number of carbonyl (C=O) groups excluding carboxylic acids is 1. The molecule has 4 rings (SSSR count). The number of pyridine rings is 1. The van der Waals surface area contributed by atoms with Gasteiger partial charge in [-0.1, -0.05) is 25.1 Å². The SMILES string of the molecule is CCc1cc[n+](CC(=O)Nc2cc3oc4ccccc4c3cc2OC)cc1.[Cl-]. The number of para-hydroxylation sites is 1. The van der Waals surface area contributed by atoms with Gasteiger partial charge in [-0.3, -0.25) is 4.79 Å². The van der Waals surface area contributed by atoms with Crippen LogP contribution in [0.15, 0.2) is 65.3 Å². The number of aryl methyl sites for hydroxylation is 1. The molecule has 0 unspecified atom stereocenters. The highest BCUT2D eigenvalue weighted by atomic mass is 35.5. The number of aromatic nitrogens is 1. The molecule has 2 aromatic heterocycles. The summed E-state index contributed by atoms with van der Waals surface area (Å²) in [4.78, 5) is 12.5. The van der Waals surface area contributed by atoms with Crippen molar-refractivity contribution in [3.05, 3.63) is 66.5 Å². The first-order valence-corrected chi connectivity index (χ1v) is 8.95. The third kappa shape index (κ3) is 3.80. The molecule has 2 heterocycles. The van der Waals surface area contributed by atoms with E-state index in [9.17, 15) is 4.79 Å². The lowest BCUT2D eigenvalue weighted by molar-refractivity contribution is -0.684. The number of nitrogens with zero attached hydrogens (tertiary/aromatic N) is 1. The second kappa shape index (κ2) is 8.31. The molecule has 0 fully saturated rings. The summed E-state index contributed by atoms with van der Waals surface area (Å²) < 4.78 is 13.2. The maximum absolute atomic E-state index is 12.5. The molecule has 0 aliphatic rings. The summed E-state index contributed by atoms with van der Waals surface area (Å²) >= 11 is 0. The van der Waals surface area contributed by atoms with Crippen LogP contribution in [0.3, 0.4) is 0 Å². The van der Waals surface area contributed by atoms with E-state index in [1.54, 1.807) is 7.11 Å². The molecule has 28 heavy (non-hydrogen) atoms. The number of anilines is 1. The number of ether oxygens (including phenoxy) is 1. The smallest absolute Gasteiger partial charge is 0.290 e. The number of benzene rings is 2. The molecule has 0 atom stereocenters. The number of nitrogens with one attached hydrogen (secondary N) is 1. The fourth-order valence-corrected chi connectivity index (χ4v) is 3.20. The topological polar surface area (TPSA) is 55.3 Å². The number of methoxy groups -OCH3 is 1. The normalized spacial score (nSPS) is 10.6. The van der Waals surface area contributed by atoms with Gasteiger partial charge >= 0.3 is 0 Å². The lowest BCUT2D eigenvalue weighted by Crippen LogP contribution is -3.00. The molecule has 0 spiro atoms. The predicted octanol–water partition coefficient (Wildman–Crippen LogP) is 1.09. The Labute approximate surface area is 169 Å². The highest BCUT2D eigenvalue weighted by molar-refractivity contribution is 6.07. The molecular weight excluding hydrogens is 376 g/mol. The number of fused-ring (bicyclic) bond motifs is 3. The van der Waals surface area contributed by atoms with Gasteiger partial charge < -0.3 is 26.9 Å². The van der Waals surface area contributed by atoms with E-state index in [0.717, 1.165) is 22.8 Å². The second-order valence-electron chi connectivity index (χ2n) is 6.43. The van der Waals surface area contributed by atoms with E-state index in [2.05, 4.69) is 12.2 Å². The van der Waals surface area contributed by atoms with Gasteiger partial charge in [-0.05, 0) is 24.1 Å². The second-order valence-corrected chi connectivity index (χ2v) is 6.43. The lowest BCUT2D eigenvalue weighted by Gasteiger charge is -2.09. The number of rotatable bonds is 5. The Morgan fingerprint density at radius 1 is 1.07 bits per heavy atom. The molecule has 4 aromatic rings. The standard InChI is InChI=1S/C22H20N2O3.ClH/c1-3-15-8-10-24(11-9-15)14-22(25)23-18-13-20-17(12-21(18)26-2)16-6-4-5-7-19(16)27-20;/h4-13H,3,14H2,1-2H3;1H. The molecule has 6 heteroatoms. The molecule has 0 saturated carbocycles. The van der Waals surface area contributed by atoms with Crippen molar-refractivity contribution in [3.8, 4) is 5.75 Å². The Bertz CT molecular complexity index is 1120. The quantitative estimate of drug-likeness (QED) is 0.514. The Hall–Kier alpha value is -3.05. The first-order valence-electron chi connectivity index (χ1n) is 8.95. The molecular formula is C22H21ClN2O3. The zero-order chi connectivity index (χ0) is 18.8. The molecule has 5 nitrogen and oxygen atoms in total. The van der Waals surface area contributed by atoms with Gasteiger partial charge in [0.25, 0.3) is 5.91 Å². The number of carbonyl (C=O) groups is 1. The van der Waals surface area contributed by atoms with Crippen molar-refractivity contribution in [3.63, 3.8) is 0 Å². The largest absolute Gasteiger partial charge is 1.00 e. The highest BCUT2D eigenvalue weighted by Crippen LogP contribution is 2.36. The molecule has 1 amide bonds. The maximum Gasteiger partial charge on any atom is 0.290 e. The van der Waals surface area contributed by atoms with E-state index in [4.69, 9.17) is 9.15 Å². The van der Waals surface area contributed by atoms with E-state index in [1.807, 2.05) is 65.5 Å². The van der Waals surface area contributed by atoms with Gasteiger partial charge in [-0.25, -0.2) is 0 Å². The van der Waals surface area contributed by atoms with Gasteiger partial charge in [0.1, 0.15) is 16.9 Å². The van der Waals surface area contributed by atoms with Crippen LogP contribution < -0.4 is 27.0 Å². The Morgan fingerprint density at radius 2 is 1.82 bits per heavy atom. The third-order valence-corrected chi connectivity index (χ3v) is 4.67. The fourth-order valence-electron chi connectivity index (χ4n) is 3.20. The summed E-state index contributed by atoms with van der Waals surface area (Å²) in [6.07, 6.45) is 4.80. The molecule has 144 valence electrons. The van der Waals surface area contributed by atoms with Gasteiger partial charge in [-0.2, -0.15) is 4.57 Å². The molecule has 0 aliphatic heterocycles. The number of amides is 1.